The summed E-state index contributed by atoms with van der Waals surface area (Å²) < 4.78 is 12.0. The molecule has 11 heavy (non-hydrogen) atoms. The molecule has 0 aliphatic carbocycles. The maximum atomic E-state index is 12.0. The Hall–Kier alpha value is -1.09. The molecule has 3 N–H and O–H groups in total. The minimum Gasteiger partial charge on any atom is -0.508 e. The fourth-order valence-electron chi connectivity index (χ4n) is 0.845. The van der Waals surface area contributed by atoms with Crippen LogP contribution in [0.25, 0.3) is 0 Å². The third-order valence-electron chi connectivity index (χ3n) is 1.46. The molecular weight excluding hydrogens is 145 g/mol. The first kappa shape index (κ1) is 8.01. The monoisotopic (exact) mass is 155 g/mol. The maximum Gasteiger partial charge on any atom is 0.115 e. The zero-order chi connectivity index (χ0) is 8.27. The van der Waals surface area contributed by atoms with E-state index in [1.165, 1.54) is 12.1 Å². The molecule has 0 aliphatic rings. The predicted octanol–water partition coefficient (Wildman–Crippen LogP) is 1.36. The van der Waals surface area contributed by atoms with Crippen molar-refractivity contribution in [2.24, 2.45) is 5.73 Å². The summed E-state index contributed by atoms with van der Waals surface area (Å²) >= 11 is 0. The molecule has 0 heterocycles. The van der Waals surface area contributed by atoms with E-state index >= 15 is 0 Å². The Morgan fingerprint density at radius 2 is 2.27 bits per heavy atom. The first-order valence-electron chi connectivity index (χ1n) is 3.34. The average Bonchev–Trinajstić information content (AvgIpc) is 2.03. The molecule has 0 saturated heterocycles. The van der Waals surface area contributed by atoms with Crippen LogP contribution in [0.15, 0.2) is 24.3 Å². The van der Waals surface area contributed by atoms with Gasteiger partial charge in [-0.1, -0.05) is 12.1 Å². The standard InChI is InChI=1S/C8H10FNO/c9-5-8(10)6-2-1-3-7(11)4-6/h1-4,8,11H,5,10H2/t8-/m0/s1. The van der Waals surface area contributed by atoms with Crippen LogP contribution in [0.1, 0.15) is 11.6 Å². The molecule has 0 aromatic heterocycles. The number of phenolic OH excluding ortho intramolecular Hbond substituents is 1. The van der Waals surface area contributed by atoms with Gasteiger partial charge < -0.3 is 10.8 Å². The van der Waals surface area contributed by atoms with Gasteiger partial charge in [0.25, 0.3) is 0 Å². The number of phenols is 1. The highest BCUT2D eigenvalue weighted by molar-refractivity contribution is 5.29. The van der Waals surface area contributed by atoms with Crippen molar-refractivity contribution in [2.75, 3.05) is 6.67 Å². The second kappa shape index (κ2) is 3.34. The van der Waals surface area contributed by atoms with Crippen molar-refractivity contribution >= 4 is 0 Å². The number of nitrogens with two attached hydrogens (primary N) is 1. The van der Waals surface area contributed by atoms with Crippen LogP contribution in [0.4, 0.5) is 4.39 Å². The van der Waals surface area contributed by atoms with Crippen LogP contribution in [0.3, 0.4) is 0 Å². The number of alkyl halides is 1. The lowest BCUT2D eigenvalue weighted by Crippen LogP contribution is -2.11. The zero-order valence-electron chi connectivity index (χ0n) is 6.00. The summed E-state index contributed by atoms with van der Waals surface area (Å²) in [4.78, 5) is 0. The molecule has 0 saturated carbocycles. The van der Waals surface area contributed by atoms with Crippen LogP contribution >= 0.6 is 0 Å². The normalized spacial score (nSPS) is 12.9. The third-order valence-corrected chi connectivity index (χ3v) is 1.46. The van der Waals surface area contributed by atoms with Gasteiger partial charge in [-0.15, -0.1) is 0 Å². The first-order valence-corrected chi connectivity index (χ1v) is 3.34. The maximum absolute atomic E-state index is 12.0. The number of benzene rings is 1. The highest BCUT2D eigenvalue weighted by Crippen LogP contribution is 2.16. The van der Waals surface area contributed by atoms with Gasteiger partial charge >= 0.3 is 0 Å². The number of aromatic hydroxyl groups is 1. The molecule has 60 valence electrons. The lowest BCUT2D eigenvalue weighted by molar-refractivity contribution is 0.434. The molecular formula is C8H10FNO. The molecule has 0 aliphatic heterocycles. The van der Waals surface area contributed by atoms with Gasteiger partial charge in [0.2, 0.25) is 0 Å². The third kappa shape index (κ3) is 1.91. The van der Waals surface area contributed by atoms with E-state index in [0.717, 1.165) is 0 Å². The van der Waals surface area contributed by atoms with E-state index in [4.69, 9.17) is 10.8 Å². The van der Waals surface area contributed by atoms with E-state index in [0.29, 0.717) is 5.56 Å². The van der Waals surface area contributed by atoms with E-state index in [1.54, 1.807) is 12.1 Å². The fourth-order valence-corrected chi connectivity index (χ4v) is 0.845. The number of rotatable bonds is 2. The van der Waals surface area contributed by atoms with Gasteiger partial charge in [0.15, 0.2) is 0 Å². The van der Waals surface area contributed by atoms with Gasteiger partial charge in [-0.25, -0.2) is 4.39 Å². The number of hydrogen-bond acceptors (Lipinski definition) is 2. The number of hydrogen-bond donors (Lipinski definition) is 2. The van der Waals surface area contributed by atoms with Gasteiger partial charge in [0.1, 0.15) is 12.4 Å². The van der Waals surface area contributed by atoms with E-state index in [1.807, 2.05) is 0 Å². The highest BCUT2D eigenvalue weighted by atomic mass is 19.1. The van der Waals surface area contributed by atoms with Crippen LogP contribution in [0, 0.1) is 0 Å². The Balaban J connectivity index is 2.86. The van der Waals surface area contributed by atoms with E-state index in [9.17, 15) is 4.39 Å². The molecule has 0 spiro atoms. The first-order chi connectivity index (χ1) is 5.24. The molecule has 0 amide bonds. The quantitative estimate of drug-likeness (QED) is 0.677. The molecule has 1 aromatic carbocycles. The molecule has 1 aromatic rings. The van der Waals surface area contributed by atoms with E-state index in [2.05, 4.69) is 0 Å². The van der Waals surface area contributed by atoms with Crippen LogP contribution in [-0.4, -0.2) is 11.8 Å². The summed E-state index contributed by atoms with van der Waals surface area (Å²) in [6.45, 7) is -0.608. The van der Waals surface area contributed by atoms with Gasteiger partial charge in [-0.05, 0) is 17.7 Å². The van der Waals surface area contributed by atoms with Crippen molar-refractivity contribution in [1.82, 2.24) is 0 Å². The van der Waals surface area contributed by atoms with Crippen LogP contribution in [0.2, 0.25) is 0 Å². The second-order valence-corrected chi connectivity index (χ2v) is 2.36. The minimum atomic E-state index is -0.623. The lowest BCUT2D eigenvalue weighted by atomic mass is 10.1. The van der Waals surface area contributed by atoms with Crippen LogP contribution < -0.4 is 5.73 Å². The molecule has 0 bridgehead atoms. The van der Waals surface area contributed by atoms with Crippen molar-refractivity contribution in [2.45, 2.75) is 6.04 Å². The van der Waals surface area contributed by atoms with Crippen molar-refractivity contribution in [1.29, 1.82) is 0 Å². The van der Waals surface area contributed by atoms with Crippen LogP contribution in [0.5, 0.6) is 5.75 Å². The summed E-state index contributed by atoms with van der Waals surface area (Å²) in [5, 5.41) is 8.98. The van der Waals surface area contributed by atoms with E-state index in [-0.39, 0.29) is 5.75 Å². The fraction of sp³-hybridized carbons (Fsp3) is 0.250. The van der Waals surface area contributed by atoms with Gasteiger partial charge in [-0.2, -0.15) is 0 Å². The molecule has 0 radical (unpaired) electrons. The molecule has 0 fully saturated rings. The molecule has 0 unspecified atom stereocenters. The topological polar surface area (TPSA) is 46.2 Å². The van der Waals surface area contributed by atoms with E-state index < -0.39 is 12.7 Å². The molecule has 2 nitrogen and oxygen atoms in total. The summed E-state index contributed by atoms with van der Waals surface area (Å²) in [6, 6.07) is 5.69. The van der Waals surface area contributed by atoms with Crippen molar-refractivity contribution in [3.63, 3.8) is 0 Å². The minimum absolute atomic E-state index is 0.117. The second-order valence-electron chi connectivity index (χ2n) is 2.36. The Morgan fingerprint density at radius 1 is 1.55 bits per heavy atom. The predicted molar refractivity (Wildman–Crippen MR) is 41.0 cm³/mol. The van der Waals surface area contributed by atoms with Gasteiger partial charge in [-0.3, -0.25) is 0 Å². The summed E-state index contributed by atoms with van der Waals surface area (Å²) in [5.41, 5.74) is 6.00. The highest BCUT2D eigenvalue weighted by Gasteiger charge is 2.04. The van der Waals surface area contributed by atoms with Crippen LogP contribution in [-0.2, 0) is 0 Å². The van der Waals surface area contributed by atoms with Gasteiger partial charge in [0.05, 0.1) is 6.04 Å². The zero-order valence-corrected chi connectivity index (χ0v) is 6.00. The Labute approximate surface area is 64.5 Å². The molecule has 1 rings (SSSR count). The molecule has 1 atom stereocenters. The Bertz CT molecular complexity index is 239. The van der Waals surface area contributed by atoms with Crippen molar-refractivity contribution < 1.29 is 9.50 Å². The number of halogens is 1. The molecule has 3 heteroatoms. The lowest BCUT2D eigenvalue weighted by Gasteiger charge is -2.06. The summed E-state index contributed by atoms with van der Waals surface area (Å²) in [5.74, 6) is 0.117. The van der Waals surface area contributed by atoms with Gasteiger partial charge in [0, 0.05) is 0 Å². The summed E-state index contributed by atoms with van der Waals surface area (Å²) in [7, 11) is 0. The van der Waals surface area contributed by atoms with Crippen molar-refractivity contribution in [3.05, 3.63) is 29.8 Å². The largest absolute Gasteiger partial charge is 0.508 e. The summed E-state index contributed by atoms with van der Waals surface area (Å²) in [6.07, 6.45) is 0. The Kier molecular flexibility index (Phi) is 2.44. The SMILES string of the molecule is N[C@@H](CF)c1cccc(O)c1. The average molecular weight is 155 g/mol. The Morgan fingerprint density at radius 3 is 2.82 bits per heavy atom. The van der Waals surface area contributed by atoms with Crippen molar-refractivity contribution in [3.8, 4) is 5.75 Å². The smallest absolute Gasteiger partial charge is 0.115 e.